The Balaban J connectivity index is 1.92. The van der Waals surface area contributed by atoms with E-state index in [9.17, 15) is 5.26 Å². The van der Waals surface area contributed by atoms with Crippen molar-refractivity contribution in [2.24, 2.45) is 5.73 Å². The van der Waals surface area contributed by atoms with E-state index in [1.54, 1.807) is 16.7 Å². The van der Waals surface area contributed by atoms with Crippen LogP contribution in [0.4, 0.5) is 5.95 Å². The lowest BCUT2D eigenvalue weighted by molar-refractivity contribution is 0.857. The first kappa shape index (κ1) is 14.9. The maximum Gasteiger partial charge on any atom is 0.210 e. The van der Waals surface area contributed by atoms with Crippen LogP contribution in [0.3, 0.4) is 0 Å². The van der Waals surface area contributed by atoms with Gasteiger partial charge in [0.05, 0.1) is 32.7 Å². The monoisotopic (exact) mass is 355 g/mol. The summed E-state index contributed by atoms with van der Waals surface area (Å²) in [5.41, 5.74) is 9.13. The van der Waals surface area contributed by atoms with Crippen LogP contribution in [0.5, 0.6) is 0 Å². The number of hydrogen-bond acceptors (Lipinski definition) is 4. The molecule has 3 N–H and O–H groups in total. The average Bonchev–Trinajstić information content (AvgIpc) is 2.96. The zero-order chi connectivity index (χ0) is 16.8. The summed E-state index contributed by atoms with van der Waals surface area (Å²) in [7, 11) is 0. The second-order valence-corrected chi connectivity index (χ2v) is 6.24. The van der Waals surface area contributed by atoms with Crippen LogP contribution in [-0.4, -0.2) is 9.55 Å². The highest BCUT2D eigenvalue weighted by atomic mass is 35.5. The molecule has 0 unspecified atom stereocenters. The predicted octanol–water partition coefficient (Wildman–Crippen LogP) is 4.16. The van der Waals surface area contributed by atoms with Crippen LogP contribution in [0.15, 0.2) is 48.0 Å². The van der Waals surface area contributed by atoms with Crippen molar-refractivity contribution in [3.8, 4) is 6.07 Å². The predicted molar refractivity (Wildman–Crippen MR) is 95.6 cm³/mol. The van der Waals surface area contributed by atoms with Crippen LogP contribution in [0.1, 0.15) is 11.6 Å². The van der Waals surface area contributed by atoms with Crippen molar-refractivity contribution >= 4 is 46.0 Å². The molecule has 3 aromatic rings. The Bertz CT molecular complexity index is 1040. The number of halogens is 2. The number of anilines is 1. The molecular formula is C17H11Cl2N5. The summed E-state index contributed by atoms with van der Waals surface area (Å²) in [6.45, 7) is 0. The highest BCUT2D eigenvalue weighted by molar-refractivity contribution is 6.42. The third kappa shape index (κ3) is 2.12. The van der Waals surface area contributed by atoms with Crippen molar-refractivity contribution in [3.05, 3.63) is 63.6 Å². The number of hydrogen-bond donors (Lipinski definition) is 2. The number of para-hydroxylation sites is 2. The van der Waals surface area contributed by atoms with Crippen molar-refractivity contribution in [2.75, 3.05) is 5.32 Å². The van der Waals surface area contributed by atoms with Gasteiger partial charge in [-0.25, -0.2) is 4.98 Å². The first-order valence-corrected chi connectivity index (χ1v) is 7.95. The van der Waals surface area contributed by atoms with Crippen molar-refractivity contribution in [1.82, 2.24) is 9.55 Å². The summed E-state index contributed by atoms with van der Waals surface area (Å²) in [5.74, 6) is 0.944. The van der Waals surface area contributed by atoms with Crippen LogP contribution < -0.4 is 11.1 Å². The lowest BCUT2D eigenvalue weighted by Crippen LogP contribution is -2.26. The first-order chi connectivity index (χ1) is 11.6. The summed E-state index contributed by atoms with van der Waals surface area (Å²) >= 11 is 12.1. The van der Waals surface area contributed by atoms with Gasteiger partial charge in [-0.3, -0.25) is 4.57 Å². The summed E-state index contributed by atoms with van der Waals surface area (Å²) < 4.78 is 1.75. The van der Waals surface area contributed by atoms with E-state index in [2.05, 4.69) is 16.4 Å². The highest BCUT2D eigenvalue weighted by Crippen LogP contribution is 2.37. The lowest BCUT2D eigenvalue weighted by Gasteiger charge is -2.26. The molecule has 2 heterocycles. The van der Waals surface area contributed by atoms with Gasteiger partial charge in [-0.1, -0.05) is 41.4 Å². The summed E-state index contributed by atoms with van der Waals surface area (Å²) in [6, 6.07) is 14.6. The molecule has 0 radical (unpaired) electrons. The third-order valence-electron chi connectivity index (χ3n) is 4.04. The minimum Gasteiger partial charge on any atom is -0.384 e. The van der Waals surface area contributed by atoms with Crippen molar-refractivity contribution in [1.29, 1.82) is 5.26 Å². The molecule has 7 heteroatoms. The fourth-order valence-electron chi connectivity index (χ4n) is 2.90. The Hall–Kier alpha value is -2.68. The van der Waals surface area contributed by atoms with E-state index in [-0.39, 0.29) is 0 Å². The number of nitrogens with one attached hydrogen (secondary N) is 1. The van der Waals surface area contributed by atoms with Gasteiger partial charge in [-0.2, -0.15) is 5.26 Å². The average molecular weight is 356 g/mol. The number of imidazole rings is 1. The zero-order valence-corrected chi connectivity index (χ0v) is 13.8. The maximum atomic E-state index is 9.63. The van der Waals surface area contributed by atoms with Gasteiger partial charge in [0.1, 0.15) is 11.9 Å². The highest BCUT2D eigenvalue weighted by Gasteiger charge is 2.29. The second-order valence-electron chi connectivity index (χ2n) is 5.42. The Morgan fingerprint density at radius 2 is 1.96 bits per heavy atom. The molecule has 2 aromatic carbocycles. The summed E-state index contributed by atoms with van der Waals surface area (Å²) in [6.07, 6.45) is 0. The van der Waals surface area contributed by atoms with Gasteiger partial charge >= 0.3 is 0 Å². The van der Waals surface area contributed by atoms with Crippen LogP contribution >= 0.6 is 23.2 Å². The van der Waals surface area contributed by atoms with E-state index in [1.807, 2.05) is 30.3 Å². The van der Waals surface area contributed by atoms with E-state index in [4.69, 9.17) is 28.9 Å². The number of nitriles is 1. The fourth-order valence-corrected chi connectivity index (χ4v) is 3.21. The molecule has 1 aliphatic heterocycles. The molecule has 0 saturated carbocycles. The quantitative estimate of drug-likeness (QED) is 0.686. The topological polar surface area (TPSA) is 79.7 Å². The summed E-state index contributed by atoms with van der Waals surface area (Å²) in [5, 5.41) is 13.8. The number of fused-ring (bicyclic) bond motifs is 3. The van der Waals surface area contributed by atoms with Crippen molar-refractivity contribution in [2.45, 2.75) is 6.04 Å². The number of rotatable bonds is 1. The molecule has 5 nitrogen and oxygen atoms in total. The van der Waals surface area contributed by atoms with Gasteiger partial charge in [-0.05, 0) is 29.8 Å². The molecule has 0 spiro atoms. The molecule has 0 bridgehead atoms. The van der Waals surface area contributed by atoms with Gasteiger partial charge in [-0.15, -0.1) is 0 Å². The van der Waals surface area contributed by atoms with Crippen molar-refractivity contribution in [3.63, 3.8) is 0 Å². The molecule has 0 aliphatic carbocycles. The van der Waals surface area contributed by atoms with Crippen LogP contribution in [-0.2, 0) is 0 Å². The molecule has 1 atom stereocenters. The Morgan fingerprint density at radius 3 is 2.71 bits per heavy atom. The minimum atomic E-state index is -0.436. The Morgan fingerprint density at radius 1 is 1.17 bits per heavy atom. The number of nitrogens with two attached hydrogens (primary N) is 1. The van der Waals surface area contributed by atoms with Crippen LogP contribution in [0, 0.1) is 11.3 Å². The molecule has 4 rings (SSSR count). The normalized spacial score (nSPS) is 16.6. The van der Waals surface area contributed by atoms with Crippen LogP contribution in [0.25, 0.3) is 16.9 Å². The van der Waals surface area contributed by atoms with E-state index in [0.717, 1.165) is 16.6 Å². The van der Waals surface area contributed by atoms with Gasteiger partial charge in [0.25, 0.3) is 0 Å². The van der Waals surface area contributed by atoms with E-state index < -0.39 is 6.04 Å². The maximum absolute atomic E-state index is 9.63. The Kier molecular flexibility index (Phi) is 3.38. The third-order valence-corrected chi connectivity index (χ3v) is 4.78. The molecule has 24 heavy (non-hydrogen) atoms. The molecule has 0 fully saturated rings. The van der Waals surface area contributed by atoms with Gasteiger partial charge < -0.3 is 11.1 Å². The van der Waals surface area contributed by atoms with Gasteiger partial charge in [0.15, 0.2) is 0 Å². The van der Waals surface area contributed by atoms with Gasteiger partial charge in [0.2, 0.25) is 5.95 Å². The number of nitrogens with zero attached hydrogens (tertiary/aromatic N) is 3. The van der Waals surface area contributed by atoms with E-state index in [1.165, 1.54) is 0 Å². The molecular weight excluding hydrogens is 345 g/mol. The van der Waals surface area contributed by atoms with Crippen LogP contribution in [0.2, 0.25) is 10.0 Å². The minimum absolute atomic E-state index is 0.357. The summed E-state index contributed by atoms with van der Waals surface area (Å²) in [4.78, 5) is 4.56. The number of aromatic nitrogens is 2. The molecule has 1 aromatic heterocycles. The Labute approximate surface area is 147 Å². The lowest BCUT2D eigenvalue weighted by atomic mass is 9.98. The fraction of sp³-hybridized carbons (Fsp3) is 0.0588. The molecule has 118 valence electrons. The largest absolute Gasteiger partial charge is 0.384 e. The molecule has 0 saturated heterocycles. The second kappa shape index (κ2) is 5.45. The van der Waals surface area contributed by atoms with E-state index in [0.29, 0.717) is 27.4 Å². The zero-order valence-electron chi connectivity index (χ0n) is 12.3. The smallest absolute Gasteiger partial charge is 0.210 e. The SMILES string of the molecule is N#CC1=C(N)n2c(nc3ccccc32)N[C@@H]1c1ccc(Cl)c(Cl)c1. The van der Waals surface area contributed by atoms with E-state index >= 15 is 0 Å². The molecule has 1 aliphatic rings. The van der Waals surface area contributed by atoms with Gasteiger partial charge in [0, 0.05) is 0 Å². The molecule has 0 amide bonds. The number of benzene rings is 2. The van der Waals surface area contributed by atoms with Crippen molar-refractivity contribution < 1.29 is 0 Å². The standard InChI is InChI=1S/C17H11Cl2N5/c18-11-6-5-9(7-12(11)19)15-10(8-20)16(21)24-14-4-2-1-3-13(14)22-17(24)23-15/h1-7,15H,21H2,(H,22,23)/t15-/m1/s1. The first-order valence-electron chi connectivity index (χ1n) is 7.19.